The molecule has 0 bridgehead atoms. The van der Waals surface area contributed by atoms with Crippen molar-refractivity contribution in [2.75, 3.05) is 25.4 Å². The maximum atomic E-state index is 12.3. The van der Waals surface area contributed by atoms with E-state index in [9.17, 15) is 4.79 Å². The molecule has 1 aliphatic rings. The summed E-state index contributed by atoms with van der Waals surface area (Å²) in [6, 6.07) is 0.246. The van der Waals surface area contributed by atoms with Crippen LogP contribution in [0.4, 0.5) is 5.69 Å². The molecule has 1 aromatic heterocycles. The third kappa shape index (κ3) is 3.30. The summed E-state index contributed by atoms with van der Waals surface area (Å²) >= 11 is 0. The summed E-state index contributed by atoms with van der Waals surface area (Å²) in [6.07, 6.45) is 4.74. The van der Waals surface area contributed by atoms with Crippen molar-refractivity contribution >= 4 is 11.6 Å². The van der Waals surface area contributed by atoms with E-state index in [-0.39, 0.29) is 11.9 Å². The molecule has 0 aromatic carbocycles. The zero-order valence-electron chi connectivity index (χ0n) is 12.4. The van der Waals surface area contributed by atoms with Gasteiger partial charge in [0.25, 0.3) is 5.91 Å². The van der Waals surface area contributed by atoms with Gasteiger partial charge in [-0.3, -0.25) is 9.48 Å². The number of hydrogen-bond acceptors (Lipinski definition) is 4. The number of hydrogen-bond donors (Lipinski definition) is 2. The largest absolute Gasteiger partial charge is 0.396 e. The van der Waals surface area contributed by atoms with E-state index in [0.717, 1.165) is 32.5 Å². The second-order valence-corrected chi connectivity index (χ2v) is 5.35. The fourth-order valence-corrected chi connectivity index (χ4v) is 2.76. The smallest absolute Gasteiger partial charge is 0.271 e. The first-order chi connectivity index (χ1) is 9.65. The Labute approximate surface area is 120 Å². The number of nitrogens with one attached hydrogen (secondary N) is 1. The molecule has 1 amide bonds. The molecule has 0 atom stereocenters. The Kier molecular flexibility index (Phi) is 5.00. The van der Waals surface area contributed by atoms with Crippen LogP contribution in [-0.2, 0) is 6.54 Å². The number of nitrogens with zero attached hydrogens (tertiary/aromatic N) is 3. The number of amides is 1. The summed E-state index contributed by atoms with van der Waals surface area (Å²) in [7, 11) is 0. The molecule has 0 aliphatic carbocycles. The van der Waals surface area contributed by atoms with Gasteiger partial charge in [-0.1, -0.05) is 6.92 Å². The van der Waals surface area contributed by atoms with E-state index in [1.165, 1.54) is 6.42 Å². The first kappa shape index (κ1) is 14.8. The lowest BCUT2D eigenvalue weighted by Gasteiger charge is -2.32. The van der Waals surface area contributed by atoms with Crippen molar-refractivity contribution in [2.24, 2.45) is 0 Å². The number of anilines is 1. The average Bonchev–Trinajstić information content (AvgIpc) is 2.82. The molecule has 1 aliphatic heterocycles. The number of nitrogens with two attached hydrogens (primary N) is 1. The van der Waals surface area contributed by atoms with E-state index in [2.05, 4.69) is 22.2 Å². The van der Waals surface area contributed by atoms with Crippen LogP contribution in [0, 0.1) is 0 Å². The van der Waals surface area contributed by atoms with E-state index >= 15 is 0 Å². The quantitative estimate of drug-likeness (QED) is 0.846. The van der Waals surface area contributed by atoms with Crippen LogP contribution in [0.5, 0.6) is 0 Å². The van der Waals surface area contributed by atoms with Crippen molar-refractivity contribution in [3.8, 4) is 0 Å². The van der Waals surface area contributed by atoms with Gasteiger partial charge in [0, 0.05) is 25.7 Å². The Hall–Kier alpha value is -1.56. The highest BCUT2D eigenvalue weighted by atomic mass is 16.2. The first-order valence-electron chi connectivity index (χ1n) is 7.50. The lowest BCUT2D eigenvalue weighted by atomic mass is 10.0. The van der Waals surface area contributed by atoms with E-state index in [4.69, 9.17) is 5.73 Å². The molecular weight excluding hydrogens is 254 g/mol. The number of aryl methyl sites for hydroxylation is 1. The first-order valence-corrected chi connectivity index (χ1v) is 7.50. The average molecular weight is 279 g/mol. The molecule has 1 saturated heterocycles. The molecule has 2 rings (SSSR count). The number of nitrogen functional groups attached to an aromatic ring is 1. The second kappa shape index (κ2) is 6.74. The van der Waals surface area contributed by atoms with Crippen molar-refractivity contribution in [3.05, 3.63) is 11.9 Å². The molecule has 3 N–H and O–H groups in total. The van der Waals surface area contributed by atoms with Crippen molar-refractivity contribution in [2.45, 2.75) is 45.7 Å². The number of carbonyl (C=O) groups is 1. The van der Waals surface area contributed by atoms with Crippen molar-refractivity contribution in [1.29, 1.82) is 0 Å². The molecule has 0 unspecified atom stereocenters. The monoisotopic (exact) mass is 279 g/mol. The molecule has 0 radical (unpaired) electrons. The van der Waals surface area contributed by atoms with Gasteiger partial charge in [0.05, 0.1) is 11.9 Å². The molecule has 20 heavy (non-hydrogen) atoms. The van der Waals surface area contributed by atoms with Crippen LogP contribution in [0.3, 0.4) is 0 Å². The van der Waals surface area contributed by atoms with E-state index in [1.807, 2.05) is 6.92 Å². The van der Waals surface area contributed by atoms with Gasteiger partial charge < -0.3 is 16.0 Å². The van der Waals surface area contributed by atoms with Crippen LogP contribution < -0.4 is 11.1 Å². The second-order valence-electron chi connectivity index (χ2n) is 5.35. The number of piperidine rings is 1. The zero-order chi connectivity index (χ0) is 14.5. The van der Waals surface area contributed by atoms with Crippen molar-refractivity contribution < 1.29 is 4.79 Å². The van der Waals surface area contributed by atoms with Crippen LogP contribution in [0.1, 0.15) is 43.6 Å². The van der Waals surface area contributed by atoms with Crippen LogP contribution in [-0.4, -0.2) is 46.3 Å². The number of aromatic nitrogens is 2. The lowest BCUT2D eigenvalue weighted by Crippen LogP contribution is -2.45. The molecule has 0 saturated carbocycles. The summed E-state index contributed by atoms with van der Waals surface area (Å²) in [5.41, 5.74) is 6.77. The van der Waals surface area contributed by atoms with Gasteiger partial charge in [0.1, 0.15) is 5.69 Å². The number of likely N-dealkylation sites (tertiary alicyclic amines) is 1. The topological polar surface area (TPSA) is 76.2 Å². The summed E-state index contributed by atoms with van der Waals surface area (Å²) in [5, 5.41) is 7.20. The van der Waals surface area contributed by atoms with Gasteiger partial charge in [0.2, 0.25) is 0 Å². The predicted molar refractivity (Wildman–Crippen MR) is 79.5 cm³/mol. The summed E-state index contributed by atoms with van der Waals surface area (Å²) in [4.78, 5) is 14.8. The normalized spacial score (nSPS) is 17.3. The third-order valence-electron chi connectivity index (χ3n) is 3.84. The third-order valence-corrected chi connectivity index (χ3v) is 3.84. The predicted octanol–water partition coefficient (Wildman–Crippen LogP) is 1.09. The van der Waals surface area contributed by atoms with Crippen LogP contribution in [0.15, 0.2) is 6.20 Å². The number of carbonyl (C=O) groups excluding carboxylic acids is 1. The molecule has 1 aromatic rings. The SMILES string of the molecule is CCCN1CCC(NC(=O)c2c(N)cnn2CC)CC1. The van der Waals surface area contributed by atoms with Gasteiger partial charge in [-0.25, -0.2) is 0 Å². The summed E-state index contributed by atoms with van der Waals surface area (Å²) in [6.45, 7) is 8.06. The summed E-state index contributed by atoms with van der Waals surface area (Å²) in [5.74, 6) is -0.101. The molecule has 0 spiro atoms. The molecule has 1 fully saturated rings. The molecule has 2 heterocycles. The zero-order valence-corrected chi connectivity index (χ0v) is 12.4. The Morgan fingerprint density at radius 2 is 2.15 bits per heavy atom. The van der Waals surface area contributed by atoms with Gasteiger partial charge in [-0.05, 0) is 32.7 Å². The Balaban J connectivity index is 1.91. The van der Waals surface area contributed by atoms with E-state index in [0.29, 0.717) is 17.9 Å². The maximum Gasteiger partial charge on any atom is 0.271 e. The minimum absolute atomic E-state index is 0.101. The molecule has 6 heteroatoms. The van der Waals surface area contributed by atoms with Crippen LogP contribution in [0.2, 0.25) is 0 Å². The fourth-order valence-electron chi connectivity index (χ4n) is 2.76. The van der Waals surface area contributed by atoms with Gasteiger partial charge in [-0.15, -0.1) is 0 Å². The van der Waals surface area contributed by atoms with E-state index in [1.54, 1.807) is 10.9 Å². The summed E-state index contributed by atoms with van der Waals surface area (Å²) < 4.78 is 1.65. The Morgan fingerprint density at radius 3 is 2.75 bits per heavy atom. The number of rotatable bonds is 5. The van der Waals surface area contributed by atoms with Crippen molar-refractivity contribution in [1.82, 2.24) is 20.0 Å². The molecule has 112 valence electrons. The van der Waals surface area contributed by atoms with Crippen molar-refractivity contribution in [3.63, 3.8) is 0 Å². The van der Waals surface area contributed by atoms with E-state index < -0.39 is 0 Å². The van der Waals surface area contributed by atoms with Gasteiger partial charge in [0.15, 0.2) is 0 Å². The van der Waals surface area contributed by atoms with Crippen LogP contribution >= 0.6 is 0 Å². The van der Waals surface area contributed by atoms with Gasteiger partial charge >= 0.3 is 0 Å². The highest BCUT2D eigenvalue weighted by Crippen LogP contribution is 2.14. The molecule has 6 nitrogen and oxygen atoms in total. The van der Waals surface area contributed by atoms with Gasteiger partial charge in [-0.2, -0.15) is 5.10 Å². The van der Waals surface area contributed by atoms with Crippen LogP contribution in [0.25, 0.3) is 0 Å². The minimum atomic E-state index is -0.101. The Morgan fingerprint density at radius 1 is 1.45 bits per heavy atom. The molecular formula is C14H25N5O. The fraction of sp³-hybridized carbons (Fsp3) is 0.714. The highest BCUT2D eigenvalue weighted by molar-refractivity contribution is 5.97. The Bertz CT molecular complexity index is 448. The minimum Gasteiger partial charge on any atom is -0.396 e. The lowest BCUT2D eigenvalue weighted by molar-refractivity contribution is 0.0901. The maximum absolute atomic E-state index is 12.3. The highest BCUT2D eigenvalue weighted by Gasteiger charge is 2.23. The standard InChI is InChI=1S/C14H25N5O/c1-3-7-18-8-5-11(6-9-18)17-14(20)13-12(15)10-16-19(13)4-2/h10-11H,3-9,15H2,1-2H3,(H,17,20).